The fourth-order valence-electron chi connectivity index (χ4n) is 1.33. The summed E-state index contributed by atoms with van der Waals surface area (Å²) in [4.78, 5) is 10.3. The molecule has 1 N–H and O–H groups in total. The minimum Gasteiger partial charge on any atom is -0.481 e. The van der Waals surface area contributed by atoms with Gasteiger partial charge in [0.2, 0.25) is 0 Å². The van der Waals surface area contributed by atoms with Gasteiger partial charge in [0.25, 0.3) is 0 Å². The van der Waals surface area contributed by atoms with Crippen molar-refractivity contribution in [1.82, 2.24) is 0 Å². The topological polar surface area (TPSA) is 37.3 Å². The monoisotopic (exact) mass is 244 g/mol. The van der Waals surface area contributed by atoms with Crippen molar-refractivity contribution in [2.75, 3.05) is 0 Å². The van der Waals surface area contributed by atoms with Gasteiger partial charge in [-0.2, -0.15) is 13.2 Å². The fourth-order valence-corrected chi connectivity index (χ4v) is 1.33. The van der Waals surface area contributed by atoms with Gasteiger partial charge < -0.3 is 5.11 Å². The molecule has 0 saturated heterocycles. The summed E-state index contributed by atoms with van der Waals surface area (Å²) in [5, 5.41) is 8.41. The molecule has 0 radical (unpaired) electrons. The standard InChI is InChI=1S/C12H11F3O2/c1-8-7-10(12(13,14)15)6-5-9(8)3-2-4-11(16)17/h2-3,5-7H,4H2,1H3,(H,16,17). The third-order valence-corrected chi connectivity index (χ3v) is 2.19. The van der Waals surface area contributed by atoms with E-state index in [-0.39, 0.29) is 6.42 Å². The minimum absolute atomic E-state index is 0.152. The highest BCUT2D eigenvalue weighted by atomic mass is 19.4. The maximum absolute atomic E-state index is 12.4. The third kappa shape index (κ3) is 3.94. The zero-order valence-electron chi connectivity index (χ0n) is 9.08. The molecule has 0 saturated carbocycles. The first-order chi connectivity index (χ1) is 7.80. The van der Waals surface area contributed by atoms with Crippen molar-refractivity contribution in [2.24, 2.45) is 0 Å². The normalized spacial score (nSPS) is 12.0. The molecule has 2 nitrogen and oxygen atoms in total. The van der Waals surface area contributed by atoms with Gasteiger partial charge in [-0.15, -0.1) is 0 Å². The number of benzene rings is 1. The van der Waals surface area contributed by atoms with Crippen LogP contribution in [0.5, 0.6) is 0 Å². The minimum atomic E-state index is -4.35. The molecule has 0 bridgehead atoms. The van der Waals surface area contributed by atoms with E-state index in [1.807, 2.05) is 0 Å². The number of rotatable bonds is 3. The Hall–Kier alpha value is -1.78. The predicted molar refractivity (Wildman–Crippen MR) is 57.5 cm³/mol. The van der Waals surface area contributed by atoms with Gasteiger partial charge in [-0.1, -0.05) is 18.2 Å². The number of hydrogen-bond donors (Lipinski definition) is 1. The first-order valence-corrected chi connectivity index (χ1v) is 4.87. The molecule has 1 rings (SSSR count). The lowest BCUT2D eigenvalue weighted by Gasteiger charge is -2.08. The molecular formula is C12H11F3O2. The van der Waals surface area contributed by atoms with E-state index >= 15 is 0 Å². The van der Waals surface area contributed by atoms with Gasteiger partial charge >= 0.3 is 12.1 Å². The van der Waals surface area contributed by atoms with Gasteiger partial charge in [-0.3, -0.25) is 4.79 Å². The molecule has 0 aliphatic rings. The average Bonchev–Trinajstić information content (AvgIpc) is 2.18. The molecule has 0 heterocycles. The van der Waals surface area contributed by atoms with Crippen LogP contribution in [-0.4, -0.2) is 11.1 Å². The Morgan fingerprint density at radius 3 is 2.53 bits per heavy atom. The van der Waals surface area contributed by atoms with Crippen LogP contribution in [0.25, 0.3) is 6.08 Å². The number of alkyl halides is 3. The first-order valence-electron chi connectivity index (χ1n) is 4.87. The van der Waals surface area contributed by atoms with Crippen molar-refractivity contribution in [1.29, 1.82) is 0 Å². The number of halogens is 3. The van der Waals surface area contributed by atoms with Gasteiger partial charge in [0, 0.05) is 0 Å². The van der Waals surface area contributed by atoms with E-state index in [0.29, 0.717) is 11.1 Å². The number of aliphatic carboxylic acids is 1. The second kappa shape index (κ2) is 5.03. The van der Waals surface area contributed by atoms with E-state index in [2.05, 4.69) is 0 Å². The fraction of sp³-hybridized carbons (Fsp3) is 0.250. The summed E-state index contributed by atoms with van der Waals surface area (Å²) >= 11 is 0. The van der Waals surface area contributed by atoms with Crippen molar-refractivity contribution in [3.63, 3.8) is 0 Å². The molecule has 0 amide bonds. The summed E-state index contributed by atoms with van der Waals surface area (Å²) in [6.07, 6.45) is -1.60. The summed E-state index contributed by atoms with van der Waals surface area (Å²) < 4.78 is 37.1. The molecular weight excluding hydrogens is 233 g/mol. The Bertz CT molecular complexity index is 448. The molecule has 5 heteroatoms. The van der Waals surface area contributed by atoms with Gasteiger partial charge in [0.15, 0.2) is 0 Å². The molecule has 0 aliphatic heterocycles. The lowest BCUT2D eigenvalue weighted by atomic mass is 10.0. The quantitative estimate of drug-likeness (QED) is 0.883. The van der Waals surface area contributed by atoms with Gasteiger partial charge in [0.1, 0.15) is 0 Å². The van der Waals surface area contributed by atoms with E-state index in [9.17, 15) is 18.0 Å². The second-order valence-corrected chi connectivity index (χ2v) is 3.57. The van der Waals surface area contributed by atoms with Crippen molar-refractivity contribution in [3.8, 4) is 0 Å². The number of carboxylic acids is 1. The van der Waals surface area contributed by atoms with Crippen molar-refractivity contribution >= 4 is 12.0 Å². The van der Waals surface area contributed by atoms with Crippen LogP contribution < -0.4 is 0 Å². The smallest absolute Gasteiger partial charge is 0.416 e. The van der Waals surface area contributed by atoms with Crippen molar-refractivity contribution in [2.45, 2.75) is 19.5 Å². The molecule has 1 aromatic rings. The highest BCUT2D eigenvalue weighted by molar-refractivity contribution is 5.70. The maximum atomic E-state index is 12.4. The Balaban J connectivity index is 2.91. The van der Waals surface area contributed by atoms with E-state index < -0.39 is 17.7 Å². The lowest BCUT2D eigenvalue weighted by Crippen LogP contribution is -2.05. The second-order valence-electron chi connectivity index (χ2n) is 3.57. The zero-order valence-corrected chi connectivity index (χ0v) is 9.08. The molecule has 0 spiro atoms. The molecule has 1 aromatic carbocycles. The van der Waals surface area contributed by atoms with Crippen LogP contribution in [0.3, 0.4) is 0 Å². The largest absolute Gasteiger partial charge is 0.481 e. The molecule has 17 heavy (non-hydrogen) atoms. The van der Waals surface area contributed by atoms with Gasteiger partial charge in [-0.05, 0) is 30.2 Å². The maximum Gasteiger partial charge on any atom is 0.416 e. The Labute approximate surface area is 96.4 Å². The van der Waals surface area contributed by atoms with Crippen LogP contribution in [0.15, 0.2) is 24.3 Å². The van der Waals surface area contributed by atoms with E-state index in [1.165, 1.54) is 18.2 Å². The summed E-state index contributed by atoms with van der Waals surface area (Å²) in [5.74, 6) is -0.981. The zero-order chi connectivity index (χ0) is 13.1. The van der Waals surface area contributed by atoms with Crippen LogP contribution in [0.2, 0.25) is 0 Å². The SMILES string of the molecule is Cc1cc(C(F)(F)F)ccc1C=CCC(=O)O. The Kier molecular flexibility index (Phi) is 3.93. The lowest BCUT2D eigenvalue weighted by molar-refractivity contribution is -0.138. The number of carbonyl (C=O) groups is 1. The van der Waals surface area contributed by atoms with Crippen LogP contribution in [0, 0.1) is 6.92 Å². The molecule has 0 aromatic heterocycles. The van der Waals surface area contributed by atoms with Crippen LogP contribution >= 0.6 is 0 Å². The number of aryl methyl sites for hydroxylation is 1. The molecule has 0 fully saturated rings. The molecule has 0 aliphatic carbocycles. The van der Waals surface area contributed by atoms with E-state index in [1.54, 1.807) is 6.92 Å². The Morgan fingerprint density at radius 2 is 2.06 bits per heavy atom. The summed E-state index contributed by atoms with van der Waals surface area (Å²) in [6.45, 7) is 1.55. The highest BCUT2D eigenvalue weighted by Crippen LogP contribution is 2.30. The predicted octanol–water partition coefficient (Wildman–Crippen LogP) is 3.50. The molecule has 0 unspecified atom stereocenters. The molecule has 0 atom stereocenters. The number of hydrogen-bond acceptors (Lipinski definition) is 1. The van der Waals surface area contributed by atoms with E-state index in [0.717, 1.165) is 12.1 Å². The summed E-state index contributed by atoms with van der Waals surface area (Å²) in [5.41, 5.74) is 0.339. The summed E-state index contributed by atoms with van der Waals surface area (Å²) in [7, 11) is 0. The van der Waals surface area contributed by atoms with Crippen LogP contribution in [0.1, 0.15) is 23.1 Å². The van der Waals surface area contributed by atoms with Crippen molar-refractivity contribution < 1.29 is 23.1 Å². The van der Waals surface area contributed by atoms with Gasteiger partial charge in [-0.25, -0.2) is 0 Å². The van der Waals surface area contributed by atoms with Crippen LogP contribution in [-0.2, 0) is 11.0 Å². The van der Waals surface area contributed by atoms with Gasteiger partial charge in [0.05, 0.1) is 12.0 Å². The third-order valence-electron chi connectivity index (χ3n) is 2.19. The first kappa shape index (κ1) is 13.3. The highest BCUT2D eigenvalue weighted by Gasteiger charge is 2.30. The van der Waals surface area contributed by atoms with E-state index in [4.69, 9.17) is 5.11 Å². The average molecular weight is 244 g/mol. The number of carboxylic acid groups (broad SMARTS) is 1. The summed E-state index contributed by atoms with van der Waals surface area (Å²) in [6, 6.07) is 3.35. The van der Waals surface area contributed by atoms with Crippen LogP contribution in [0.4, 0.5) is 13.2 Å². The molecule has 92 valence electrons. The Morgan fingerprint density at radius 1 is 1.41 bits per heavy atom. The van der Waals surface area contributed by atoms with Crippen molar-refractivity contribution in [3.05, 3.63) is 41.0 Å².